The minimum Gasteiger partial charge on any atom is -0.462 e. The minimum atomic E-state index is -0.408. The molecule has 0 spiro atoms. The first-order valence-corrected chi connectivity index (χ1v) is 5.25. The normalized spacial score (nSPS) is 28.8. The molecule has 0 aromatic heterocycles. The van der Waals surface area contributed by atoms with Gasteiger partial charge in [-0.3, -0.25) is 4.79 Å². The third-order valence-corrected chi connectivity index (χ3v) is 2.40. The van der Waals surface area contributed by atoms with Crippen LogP contribution in [0.4, 0.5) is 0 Å². The van der Waals surface area contributed by atoms with Crippen molar-refractivity contribution in [3.63, 3.8) is 0 Å². The highest BCUT2D eigenvalue weighted by Crippen LogP contribution is 2.10. The van der Waals surface area contributed by atoms with Crippen molar-refractivity contribution in [2.75, 3.05) is 6.54 Å². The SMILES string of the molecule is CCCC(C)OC(=O)C1CC(O)CN1. The Labute approximate surface area is 84.6 Å². The zero-order valence-electron chi connectivity index (χ0n) is 8.82. The maximum absolute atomic E-state index is 11.5. The van der Waals surface area contributed by atoms with E-state index in [0.717, 1.165) is 12.8 Å². The number of esters is 1. The fraction of sp³-hybridized carbons (Fsp3) is 0.900. The lowest BCUT2D eigenvalue weighted by atomic mass is 10.2. The summed E-state index contributed by atoms with van der Waals surface area (Å²) in [5.41, 5.74) is 0. The van der Waals surface area contributed by atoms with E-state index in [0.29, 0.717) is 13.0 Å². The molecule has 0 amide bonds. The molecule has 2 N–H and O–H groups in total. The van der Waals surface area contributed by atoms with Crippen LogP contribution in [0.3, 0.4) is 0 Å². The van der Waals surface area contributed by atoms with E-state index in [9.17, 15) is 9.90 Å². The van der Waals surface area contributed by atoms with E-state index in [1.807, 2.05) is 6.92 Å². The molecule has 1 aliphatic rings. The Bertz CT molecular complexity index is 196. The van der Waals surface area contributed by atoms with Crippen molar-refractivity contribution in [2.45, 2.75) is 51.4 Å². The summed E-state index contributed by atoms with van der Waals surface area (Å²) in [5.74, 6) is -0.234. The Balaban J connectivity index is 2.27. The molecule has 4 nitrogen and oxygen atoms in total. The Morgan fingerprint density at radius 3 is 2.93 bits per heavy atom. The number of β-amino-alcohol motifs (C(OH)–C–C–N with tert-alkyl or cyclic N) is 1. The Morgan fingerprint density at radius 1 is 1.71 bits per heavy atom. The van der Waals surface area contributed by atoms with Gasteiger partial charge < -0.3 is 15.2 Å². The minimum absolute atomic E-state index is 0.0213. The van der Waals surface area contributed by atoms with Gasteiger partial charge in [0.05, 0.1) is 12.2 Å². The molecule has 4 heteroatoms. The van der Waals surface area contributed by atoms with Gasteiger partial charge >= 0.3 is 5.97 Å². The van der Waals surface area contributed by atoms with Crippen molar-refractivity contribution in [2.24, 2.45) is 0 Å². The van der Waals surface area contributed by atoms with Crippen LogP contribution < -0.4 is 5.32 Å². The highest BCUT2D eigenvalue weighted by atomic mass is 16.5. The van der Waals surface area contributed by atoms with E-state index >= 15 is 0 Å². The molecule has 14 heavy (non-hydrogen) atoms. The number of rotatable bonds is 4. The molecular weight excluding hydrogens is 182 g/mol. The van der Waals surface area contributed by atoms with Crippen molar-refractivity contribution in [3.8, 4) is 0 Å². The van der Waals surface area contributed by atoms with Crippen LogP contribution >= 0.6 is 0 Å². The van der Waals surface area contributed by atoms with Gasteiger partial charge in [-0.25, -0.2) is 0 Å². The zero-order chi connectivity index (χ0) is 10.6. The molecule has 0 aromatic rings. The van der Waals surface area contributed by atoms with Crippen molar-refractivity contribution < 1.29 is 14.6 Å². The molecule has 1 saturated heterocycles. The quantitative estimate of drug-likeness (QED) is 0.648. The molecule has 1 heterocycles. The highest BCUT2D eigenvalue weighted by molar-refractivity contribution is 5.76. The summed E-state index contributed by atoms with van der Waals surface area (Å²) in [4.78, 5) is 11.5. The molecule has 1 aliphatic heterocycles. The van der Waals surface area contributed by atoms with Gasteiger partial charge in [-0.1, -0.05) is 13.3 Å². The van der Waals surface area contributed by atoms with E-state index in [4.69, 9.17) is 4.74 Å². The summed E-state index contributed by atoms with van der Waals surface area (Å²) in [6, 6.07) is -0.315. The Kier molecular flexibility index (Phi) is 4.35. The highest BCUT2D eigenvalue weighted by Gasteiger charge is 2.29. The van der Waals surface area contributed by atoms with Crippen LogP contribution in [0.2, 0.25) is 0 Å². The van der Waals surface area contributed by atoms with Crippen LogP contribution in [0.5, 0.6) is 0 Å². The van der Waals surface area contributed by atoms with Gasteiger partial charge in [0.2, 0.25) is 0 Å². The molecule has 0 aliphatic carbocycles. The van der Waals surface area contributed by atoms with Crippen LogP contribution in [0.15, 0.2) is 0 Å². The standard InChI is InChI=1S/C10H19NO3/c1-3-4-7(2)14-10(13)9-5-8(12)6-11-9/h7-9,11-12H,3-6H2,1-2H3. The molecule has 3 atom stereocenters. The molecule has 0 radical (unpaired) electrons. The van der Waals surface area contributed by atoms with E-state index in [1.54, 1.807) is 0 Å². The Morgan fingerprint density at radius 2 is 2.43 bits per heavy atom. The molecule has 0 bridgehead atoms. The van der Waals surface area contributed by atoms with Gasteiger partial charge in [0.1, 0.15) is 6.04 Å². The van der Waals surface area contributed by atoms with Gasteiger partial charge in [0.25, 0.3) is 0 Å². The number of hydrogen-bond donors (Lipinski definition) is 2. The predicted molar refractivity (Wildman–Crippen MR) is 52.9 cm³/mol. The van der Waals surface area contributed by atoms with Gasteiger partial charge in [-0.2, -0.15) is 0 Å². The Hall–Kier alpha value is -0.610. The summed E-state index contributed by atoms with van der Waals surface area (Å²) in [6.45, 7) is 4.44. The average molecular weight is 201 g/mol. The van der Waals surface area contributed by atoms with Crippen molar-refractivity contribution in [1.82, 2.24) is 5.32 Å². The number of aliphatic hydroxyl groups is 1. The second-order valence-corrected chi connectivity index (χ2v) is 3.89. The summed E-state index contributed by atoms with van der Waals surface area (Å²) >= 11 is 0. The lowest BCUT2D eigenvalue weighted by molar-refractivity contribution is -0.150. The van der Waals surface area contributed by atoms with Gasteiger partial charge in [-0.05, 0) is 13.3 Å². The first-order chi connectivity index (χ1) is 6.63. The van der Waals surface area contributed by atoms with Crippen LogP contribution in [-0.2, 0) is 9.53 Å². The van der Waals surface area contributed by atoms with Crippen molar-refractivity contribution in [3.05, 3.63) is 0 Å². The van der Waals surface area contributed by atoms with Gasteiger partial charge in [0.15, 0.2) is 0 Å². The maximum atomic E-state index is 11.5. The molecule has 3 unspecified atom stereocenters. The summed E-state index contributed by atoms with van der Waals surface area (Å²) in [6.07, 6.45) is 1.94. The largest absolute Gasteiger partial charge is 0.462 e. The van der Waals surface area contributed by atoms with E-state index in [1.165, 1.54) is 0 Å². The van der Waals surface area contributed by atoms with Crippen LogP contribution in [-0.4, -0.2) is 35.9 Å². The van der Waals surface area contributed by atoms with E-state index in [2.05, 4.69) is 12.2 Å². The monoisotopic (exact) mass is 201 g/mol. The fourth-order valence-electron chi connectivity index (χ4n) is 1.64. The number of nitrogens with one attached hydrogen (secondary N) is 1. The van der Waals surface area contributed by atoms with Gasteiger partial charge in [-0.15, -0.1) is 0 Å². The zero-order valence-corrected chi connectivity index (χ0v) is 8.82. The second-order valence-electron chi connectivity index (χ2n) is 3.89. The lowest BCUT2D eigenvalue weighted by Crippen LogP contribution is -2.34. The van der Waals surface area contributed by atoms with Crippen LogP contribution in [0.1, 0.15) is 33.1 Å². The van der Waals surface area contributed by atoms with E-state index in [-0.39, 0.29) is 18.1 Å². The number of ether oxygens (including phenoxy) is 1. The number of carbonyl (C=O) groups excluding carboxylic acids is 1. The summed E-state index contributed by atoms with van der Waals surface area (Å²) in [5, 5.41) is 12.1. The third kappa shape index (κ3) is 3.27. The van der Waals surface area contributed by atoms with Crippen LogP contribution in [0.25, 0.3) is 0 Å². The molecule has 1 rings (SSSR count). The predicted octanol–water partition coefficient (Wildman–Crippen LogP) is 0.441. The smallest absolute Gasteiger partial charge is 0.323 e. The first kappa shape index (κ1) is 11.5. The van der Waals surface area contributed by atoms with Crippen molar-refractivity contribution in [1.29, 1.82) is 0 Å². The fourth-order valence-corrected chi connectivity index (χ4v) is 1.64. The topological polar surface area (TPSA) is 58.6 Å². The molecular formula is C10H19NO3. The van der Waals surface area contributed by atoms with Gasteiger partial charge in [0, 0.05) is 13.0 Å². The third-order valence-electron chi connectivity index (χ3n) is 2.40. The number of hydrogen-bond acceptors (Lipinski definition) is 4. The number of carbonyl (C=O) groups is 1. The molecule has 1 fully saturated rings. The maximum Gasteiger partial charge on any atom is 0.323 e. The van der Waals surface area contributed by atoms with Crippen LogP contribution in [0, 0.1) is 0 Å². The van der Waals surface area contributed by atoms with Crippen molar-refractivity contribution >= 4 is 5.97 Å². The average Bonchev–Trinajstić information content (AvgIpc) is 2.52. The first-order valence-electron chi connectivity index (χ1n) is 5.25. The summed E-state index contributed by atoms with van der Waals surface area (Å²) < 4.78 is 5.21. The molecule has 0 saturated carbocycles. The lowest BCUT2D eigenvalue weighted by Gasteiger charge is -2.15. The molecule has 82 valence electrons. The second kappa shape index (κ2) is 5.32. The number of aliphatic hydroxyl groups excluding tert-OH is 1. The molecule has 0 aromatic carbocycles. The van der Waals surface area contributed by atoms with E-state index < -0.39 is 6.10 Å². The summed E-state index contributed by atoms with van der Waals surface area (Å²) in [7, 11) is 0.